The molecule has 1 saturated heterocycles. The van der Waals surface area contributed by atoms with Crippen molar-refractivity contribution < 1.29 is 32.5 Å². The van der Waals surface area contributed by atoms with Gasteiger partial charge in [0.25, 0.3) is 5.03 Å². The molecule has 0 spiro atoms. The molecule has 5 aromatic rings. The summed E-state index contributed by atoms with van der Waals surface area (Å²) in [5.74, 6) is -0.0298. The Morgan fingerprint density at radius 2 is 1.65 bits per heavy atom. The minimum Gasteiger partial charge on any atom is -0.618 e. The van der Waals surface area contributed by atoms with E-state index in [-0.39, 0.29) is 30.1 Å². The van der Waals surface area contributed by atoms with Crippen LogP contribution in [0.3, 0.4) is 0 Å². The second-order valence-corrected chi connectivity index (χ2v) is 15.1. The first-order valence-electron chi connectivity index (χ1n) is 16.5. The first kappa shape index (κ1) is 36.2. The van der Waals surface area contributed by atoms with Gasteiger partial charge in [-0.15, -0.1) is 0 Å². The molecule has 4 unspecified atom stereocenters. The molecule has 10 nitrogen and oxygen atoms in total. The van der Waals surface area contributed by atoms with E-state index in [0.29, 0.717) is 28.5 Å². The number of anilines is 1. The van der Waals surface area contributed by atoms with Crippen LogP contribution in [-0.2, 0) is 37.3 Å². The lowest BCUT2D eigenvalue weighted by atomic mass is 10.0. The number of aliphatic hydroxyl groups excluding tert-OH is 1. The number of hydrogen-bond donors (Lipinski definition) is 3. The molecule has 1 amide bonds. The van der Waals surface area contributed by atoms with Gasteiger partial charge in [-0.25, -0.2) is 8.42 Å². The van der Waals surface area contributed by atoms with Gasteiger partial charge in [-0.1, -0.05) is 96.2 Å². The summed E-state index contributed by atoms with van der Waals surface area (Å²) in [6.45, 7) is 1.80. The highest BCUT2D eigenvalue weighted by Crippen LogP contribution is 2.39. The van der Waals surface area contributed by atoms with Crippen molar-refractivity contribution in [3.8, 4) is 0 Å². The van der Waals surface area contributed by atoms with Crippen molar-refractivity contribution in [2.24, 2.45) is 0 Å². The number of hydrogen-bond acceptors (Lipinski definition) is 8. The molecule has 4 aromatic carbocycles. The van der Waals surface area contributed by atoms with Crippen LogP contribution in [0.5, 0.6) is 0 Å². The molecule has 0 saturated carbocycles. The number of thioether (sulfide) groups is 1. The molecule has 1 aliphatic heterocycles. The van der Waals surface area contributed by atoms with Gasteiger partial charge in [0.05, 0.1) is 23.7 Å². The maximum Gasteiger partial charge on any atom is 0.251 e. The lowest BCUT2D eigenvalue weighted by Crippen LogP contribution is -2.45. The lowest BCUT2D eigenvalue weighted by molar-refractivity contribution is -0.645. The number of nitrogens with one attached hydrogen (secondary N) is 2. The number of rotatable bonds is 13. The number of sulfonamides is 1. The van der Waals surface area contributed by atoms with Gasteiger partial charge in [-0.2, -0.15) is 9.45 Å². The van der Waals surface area contributed by atoms with Gasteiger partial charge < -0.3 is 25.1 Å². The minimum atomic E-state index is -4.02. The van der Waals surface area contributed by atoms with E-state index in [1.54, 1.807) is 42.5 Å². The molecule has 1 aromatic heterocycles. The average molecular weight is 726 g/mol. The van der Waals surface area contributed by atoms with Crippen LogP contribution >= 0.6 is 11.8 Å². The van der Waals surface area contributed by atoms with Crippen LogP contribution in [0.1, 0.15) is 46.6 Å². The predicted molar refractivity (Wildman–Crippen MR) is 195 cm³/mol. The zero-order valence-corrected chi connectivity index (χ0v) is 29.6. The second kappa shape index (κ2) is 16.6. The number of nitrogens with zero attached hydrogens (tertiary/aromatic N) is 1. The zero-order chi connectivity index (χ0) is 35.8. The molecule has 12 heteroatoms. The van der Waals surface area contributed by atoms with Gasteiger partial charge in [0, 0.05) is 35.6 Å². The number of carbonyl (C=O) groups is 1. The molecule has 1 fully saturated rings. The number of aliphatic hydroxyl groups is 1. The third kappa shape index (κ3) is 9.61. The van der Waals surface area contributed by atoms with Gasteiger partial charge in [0.2, 0.25) is 15.9 Å². The molecular formula is C39H39N3O7S2. The quantitative estimate of drug-likeness (QED) is 0.0765. The topological polar surface area (TPSA) is 141 Å². The standard InChI is InChI=1S/C39H39N3O7S2/c1-27-13-19-34(20-14-27)51(46,47)41-35(22-28-8-3-2-4-9-28)38(44)40-32-11-7-10-31(23-32)39-48-33(26-50-37-12-5-6-21-42(37)45)24-36(49-39)30-17-15-29(25-43)16-18-30/h2-21,23,33,35-36,39,41,43H,22,24-26H2,1H3,(H,40,44). The van der Waals surface area contributed by atoms with Crippen LogP contribution in [0.2, 0.25) is 0 Å². The molecule has 2 heterocycles. The van der Waals surface area contributed by atoms with E-state index in [1.165, 1.54) is 30.1 Å². The molecule has 1 aliphatic rings. The first-order valence-corrected chi connectivity index (χ1v) is 19.0. The van der Waals surface area contributed by atoms with E-state index in [1.807, 2.05) is 73.7 Å². The van der Waals surface area contributed by atoms with Gasteiger partial charge in [0.15, 0.2) is 12.5 Å². The maximum absolute atomic E-state index is 13.8. The summed E-state index contributed by atoms with van der Waals surface area (Å²) in [5, 5.41) is 25.3. The van der Waals surface area contributed by atoms with Crippen LogP contribution in [-0.4, -0.2) is 37.3 Å². The van der Waals surface area contributed by atoms with Gasteiger partial charge in [0.1, 0.15) is 6.04 Å². The highest BCUT2D eigenvalue weighted by Gasteiger charge is 2.33. The molecule has 264 valence electrons. The highest BCUT2D eigenvalue weighted by atomic mass is 32.2. The molecule has 3 N–H and O–H groups in total. The number of pyridine rings is 1. The summed E-state index contributed by atoms with van der Waals surface area (Å²) >= 11 is 1.40. The van der Waals surface area contributed by atoms with Crippen LogP contribution in [0.4, 0.5) is 5.69 Å². The van der Waals surface area contributed by atoms with Gasteiger partial charge >= 0.3 is 0 Å². The normalized spacial score (nSPS) is 18.2. The Balaban J connectivity index is 1.22. The summed E-state index contributed by atoms with van der Waals surface area (Å²) in [5.41, 5.74) is 4.51. The number of aromatic nitrogens is 1. The number of amides is 1. The Morgan fingerprint density at radius 1 is 0.902 bits per heavy atom. The van der Waals surface area contributed by atoms with E-state index in [0.717, 1.165) is 27.0 Å². The summed E-state index contributed by atoms with van der Waals surface area (Å²) < 4.78 is 43.1. The fourth-order valence-electron chi connectivity index (χ4n) is 5.73. The minimum absolute atomic E-state index is 0.0677. The van der Waals surface area contributed by atoms with Gasteiger partial charge in [-0.3, -0.25) is 4.79 Å². The highest BCUT2D eigenvalue weighted by molar-refractivity contribution is 7.99. The Morgan fingerprint density at radius 3 is 2.37 bits per heavy atom. The summed E-state index contributed by atoms with van der Waals surface area (Å²) in [7, 11) is -4.02. The Labute approximate surface area is 302 Å². The molecule has 6 rings (SSSR count). The van der Waals surface area contributed by atoms with Crippen molar-refractivity contribution in [3.63, 3.8) is 0 Å². The van der Waals surface area contributed by atoms with Crippen LogP contribution in [0.25, 0.3) is 0 Å². The van der Waals surface area contributed by atoms with E-state index in [9.17, 15) is 23.5 Å². The molecule has 0 aliphatic carbocycles. The maximum atomic E-state index is 13.8. The van der Waals surface area contributed by atoms with E-state index < -0.39 is 28.3 Å². The van der Waals surface area contributed by atoms with Crippen molar-refractivity contribution in [1.29, 1.82) is 0 Å². The van der Waals surface area contributed by atoms with E-state index in [4.69, 9.17) is 9.47 Å². The van der Waals surface area contributed by atoms with Crippen LogP contribution in [0.15, 0.2) is 137 Å². The largest absolute Gasteiger partial charge is 0.618 e. The van der Waals surface area contributed by atoms with Crippen LogP contribution in [0, 0.1) is 12.1 Å². The number of benzene rings is 4. The van der Waals surface area contributed by atoms with Crippen molar-refractivity contribution in [3.05, 3.63) is 161 Å². The van der Waals surface area contributed by atoms with E-state index in [2.05, 4.69) is 10.0 Å². The number of aryl methyl sites for hydroxylation is 1. The van der Waals surface area contributed by atoms with Crippen molar-refractivity contribution in [1.82, 2.24) is 4.72 Å². The molecule has 51 heavy (non-hydrogen) atoms. The third-order valence-corrected chi connectivity index (χ3v) is 11.1. The summed E-state index contributed by atoms with van der Waals surface area (Å²) in [6.07, 6.45) is 0.681. The van der Waals surface area contributed by atoms with Crippen LogP contribution < -0.4 is 14.8 Å². The van der Waals surface area contributed by atoms with Crippen molar-refractivity contribution >= 4 is 33.4 Å². The predicted octanol–water partition coefficient (Wildman–Crippen LogP) is 5.99. The SMILES string of the molecule is Cc1ccc(S(=O)(=O)NC(Cc2ccccc2)C(=O)Nc2cccc(C3OC(CSc4cccc[n+]4[O-])CC(c4ccc(CO)cc4)O3)c2)cc1. The Bertz CT molecular complexity index is 2030. The third-order valence-electron chi connectivity index (χ3n) is 8.47. The Hall–Kier alpha value is -4.56. The molecule has 0 bridgehead atoms. The molecular weight excluding hydrogens is 687 g/mol. The Kier molecular flexibility index (Phi) is 11.8. The summed E-state index contributed by atoms with van der Waals surface area (Å²) in [6, 6.07) is 34.4. The van der Waals surface area contributed by atoms with E-state index >= 15 is 0 Å². The monoisotopic (exact) mass is 725 g/mol. The second-order valence-electron chi connectivity index (χ2n) is 12.3. The number of ether oxygens (including phenoxy) is 2. The van der Waals surface area contributed by atoms with Crippen molar-refractivity contribution in [2.45, 2.75) is 60.8 Å². The fourth-order valence-corrected chi connectivity index (χ4v) is 7.86. The molecule has 0 radical (unpaired) electrons. The van der Waals surface area contributed by atoms with Crippen molar-refractivity contribution in [2.75, 3.05) is 11.1 Å². The zero-order valence-electron chi connectivity index (χ0n) is 27.9. The first-order chi connectivity index (χ1) is 24.7. The smallest absolute Gasteiger partial charge is 0.251 e. The summed E-state index contributed by atoms with van der Waals surface area (Å²) in [4.78, 5) is 13.9. The molecule has 4 atom stereocenters. The average Bonchev–Trinajstić information content (AvgIpc) is 3.15. The fraction of sp³-hybridized carbons (Fsp3) is 0.231. The lowest BCUT2D eigenvalue weighted by Gasteiger charge is -2.36. The van der Waals surface area contributed by atoms with Gasteiger partial charge in [-0.05, 0) is 60.4 Å². The number of carbonyl (C=O) groups excluding carboxylic acids is 1.